The molecule has 1 amide bonds. The van der Waals surface area contributed by atoms with E-state index in [1.807, 2.05) is 41.3 Å². The zero-order chi connectivity index (χ0) is 12.1. The van der Waals surface area contributed by atoms with Gasteiger partial charge in [0.2, 0.25) is 5.91 Å². The van der Waals surface area contributed by atoms with Gasteiger partial charge in [-0.2, -0.15) is 0 Å². The van der Waals surface area contributed by atoms with Crippen molar-refractivity contribution in [3.8, 4) is 0 Å². The molecule has 1 atom stereocenters. The summed E-state index contributed by atoms with van der Waals surface area (Å²) in [7, 11) is 0. The first kappa shape index (κ1) is 11.9. The van der Waals surface area contributed by atoms with Gasteiger partial charge in [-0.15, -0.1) is 0 Å². The van der Waals surface area contributed by atoms with Crippen molar-refractivity contribution in [1.29, 1.82) is 0 Å². The van der Waals surface area contributed by atoms with E-state index in [0.29, 0.717) is 5.92 Å². The van der Waals surface area contributed by atoms with Gasteiger partial charge in [-0.3, -0.25) is 4.79 Å². The summed E-state index contributed by atoms with van der Waals surface area (Å²) in [5.41, 5.74) is 1.07. The summed E-state index contributed by atoms with van der Waals surface area (Å²) >= 11 is 0. The highest BCUT2D eigenvalue weighted by Crippen LogP contribution is 2.15. The van der Waals surface area contributed by atoms with Crippen LogP contribution in [-0.2, 0) is 4.79 Å². The molecular formula is C15H19NO. The van der Waals surface area contributed by atoms with Crippen molar-refractivity contribution in [2.75, 3.05) is 13.1 Å². The van der Waals surface area contributed by atoms with Gasteiger partial charge in [0.05, 0.1) is 0 Å². The number of nitrogens with zero attached hydrogens (tertiary/aromatic N) is 1. The lowest BCUT2D eigenvalue weighted by Crippen LogP contribution is -2.38. The topological polar surface area (TPSA) is 20.3 Å². The van der Waals surface area contributed by atoms with Crippen LogP contribution in [0.2, 0.25) is 0 Å². The lowest BCUT2D eigenvalue weighted by molar-refractivity contribution is -0.127. The maximum absolute atomic E-state index is 12.0. The molecule has 1 fully saturated rings. The minimum atomic E-state index is 0.139. The van der Waals surface area contributed by atoms with E-state index in [-0.39, 0.29) is 5.91 Å². The van der Waals surface area contributed by atoms with Crippen molar-refractivity contribution in [2.45, 2.75) is 19.8 Å². The number of likely N-dealkylation sites (tertiary alicyclic amines) is 1. The third kappa shape index (κ3) is 3.45. The van der Waals surface area contributed by atoms with E-state index >= 15 is 0 Å². The van der Waals surface area contributed by atoms with Gasteiger partial charge in [0.1, 0.15) is 0 Å². The molecule has 1 saturated heterocycles. The Hall–Kier alpha value is -1.57. The fourth-order valence-corrected chi connectivity index (χ4v) is 2.23. The highest BCUT2D eigenvalue weighted by Gasteiger charge is 2.18. The molecule has 0 aliphatic carbocycles. The van der Waals surface area contributed by atoms with E-state index in [9.17, 15) is 4.79 Å². The van der Waals surface area contributed by atoms with Crippen LogP contribution >= 0.6 is 0 Å². The summed E-state index contributed by atoms with van der Waals surface area (Å²) < 4.78 is 0. The molecule has 2 rings (SSSR count). The third-order valence-electron chi connectivity index (χ3n) is 3.19. The lowest BCUT2D eigenvalue weighted by Gasteiger charge is -2.30. The van der Waals surface area contributed by atoms with E-state index in [0.717, 1.165) is 25.1 Å². The van der Waals surface area contributed by atoms with Crippen LogP contribution in [0.3, 0.4) is 0 Å². The minimum absolute atomic E-state index is 0.139. The Balaban J connectivity index is 1.94. The van der Waals surface area contributed by atoms with E-state index < -0.39 is 0 Å². The average molecular weight is 229 g/mol. The second kappa shape index (κ2) is 5.67. The predicted molar refractivity (Wildman–Crippen MR) is 70.5 cm³/mol. The molecule has 17 heavy (non-hydrogen) atoms. The zero-order valence-corrected chi connectivity index (χ0v) is 10.3. The predicted octanol–water partition coefficient (Wildman–Crippen LogP) is 2.96. The first-order chi connectivity index (χ1) is 8.25. The fourth-order valence-electron chi connectivity index (χ4n) is 2.23. The summed E-state index contributed by atoms with van der Waals surface area (Å²) in [4.78, 5) is 13.9. The normalized spacial score (nSPS) is 20.8. The molecule has 2 heteroatoms. The Morgan fingerprint density at radius 1 is 1.35 bits per heavy atom. The van der Waals surface area contributed by atoms with Gasteiger partial charge in [-0.05, 0) is 30.4 Å². The van der Waals surface area contributed by atoms with Crippen molar-refractivity contribution in [1.82, 2.24) is 4.90 Å². The molecule has 1 aromatic rings. The van der Waals surface area contributed by atoms with Crippen molar-refractivity contribution < 1.29 is 4.79 Å². The van der Waals surface area contributed by atoms with Crippen LogP contribution in [-0.4, -0.2) is 23.9 Å². The van der Waals surface area contributed by atoms with Gasteiger partial charge in [0, 0.05) is 19.2 Å². The number of benzene rings is 1. The summed E-state index contributed by atoms with van der Waals surface area (Å²) in [5, 5.41) is 0. The molecule has 0 radical (unpaired) electrons. The molecule has 1 heterocycles. The van der Waals surface area contributed by atoms with E-state index in [1.165, 1.54) is 6.42 Å². The highest BCUT2D eigenvalue weighted by molar-refractivity contribution is 5.91. The standard InChI is InChI=1S/C15H19NO/c1-13-6-5-11-16(12-13)15(17)10-9-14-7-3-2-4-8-14/h2-4,7-10,13H,5-6,11-12H2,1H3/b10-9+/t13-/m0/s1. The maximum atomic E-state index is 12.0. The van der Waals surface area contributed by atoms with Crippen molar-refractivity contribution in [3.05, 3.63) is 42.0 Å². The molecule has 0 spiro atoms. The molecule has 0 saturated carbocycles. The maximum Gasteiger partial charge on any atom is 0.246 e. The second-order valence-electron chi connectivity index (χ2n) is 4.78. The van der Waals surface area contributed by atoms with Crippen molar-refractivity contribution >= 4 is 12.0 Å². The molecule has 1 aliphatic rings. The molecule has 0 unspecified atom stereocenters. The van der Waals surface area contributed by atoms with Crippen LogP contribution in [0, 0.1) is 5.92 Å². The van der Waals surface area contributed by atoms with Gasteiger partial charge < -0.3 is 4.90 Å². The number of amides is 1. The number of rotatable bonds is 2. The Morgan fingerprint density at radius 2 is 2.12 bits per heavy atom. The summed E-state index contributed by atoms with van der Waals surface area (Å²) in [6, 6.07) is 9.94. The Kier molecular flexibility index (Phi) is 3.97. The summed E-state index contributed by atoms with van der Waals surface area (Å²) in [6.45, 7) is 4.01. The number of piperidine rings is 1. The number of carbonyl (C=O) groups is 1. The molecule has 1 aliphatic heterocycles. The fraction of sp³-hybridized carbons (Fsp3) is 0.400. The van der Waals surface area contributed by atoms with E-state index in [4.69, 9.17) is 0 Å². The molecule has 90 valence electrons. The number of hydrogen-bond acceptors (Lipinski definition) is 1. The van der Waals surface area contributed by atoms with Gasteiger partial charge in [0.15, 0.2) is 0 Å². The monoisotopic (exact) mass is 229 g/mol. The molecule has 0 bridgehead atoms. The molecule has 2 nitrogen and oxygen atoms in total. The summed E-state index contributed by atoms with van der Waals surface area (Å²) in [6.07, 6.45) is 5.95. The van der Waals surface area contributed by atoms with Gasteiger partial charge in [-0.25, -0.2) is 0 Å². The van der Waals surface area contributed by atoms with Gasteiger partial charge in [0.25, 0.3) is 0 Å². The molecular weight excluding hydrogens is 210 g/mol. The van der Waals surface area contributed by atoms with Crippen LogP contribution in [0.15, 0.2) is 36.4 Å². The molecule has 0 N–H and O–H groups in total. The zero-order valence-electron chi connectivity index (χ0n) is 10.3. The van der Waals surface area contributed by atoms with Crippen molar-refractivity contribution in [3.63, 3.8) is 0 Å². The summed E-state index contributed by atoms with van der Waals surface area (Å²) in [5.74, 6) is 0.776. The average Bonchev–Trinajstić information content (AvgIpc) is 2.37. The van der Waals surface area contributed by atoms with Gasteiger partial charge >= 0.3 is 0 Å². The van der Waals surface area contributed by atoms with Crippen LogP contribution in [0.1, 0.15) is 25.3 Å². The Bertz CT molecular complexity index is 397. The van der Waals surface area contributed by atoms with Crippen LogP contribution in [0.4, 0.5) is 0 Å². The largest absolute Gasteiger partial charge is 0.339 e. The van der Waals surface area contributed by atoms with Crippen LogP contribution < -0.4 is 0 Å². The van der Waals surface area contributed by atoms with Gasteiger partial charge in [-0.1, -0.05) is 37.3 Å². The number of carbonyl (C=O) groups excluding carboxylic acids is 1. The van der Waals surface area contributed by atoms with E-state index in [1.54, 1.807) is 6.08 Å². The first-order valence-corrected chi connectivity index (χ1v) is 6.28. The molecule has 1 aromatic carbocycles. The van der Waals surface area contributed by atoms with Crippen molar-refractivity contribution in [2.24, 2.45) is 5.92 Å². The third-order valence-corrected chi connectivity index (χ3v) is 3.19. The Morgan fingerprint density at radius 3 is 2.82 bits per heavy atom. The molecule has 0 aromatic heterocycles. The first-order valence-electron chi connectivity index (χ1n) is 6.28. The quantitative estimate of drug-likeness (QED) is 0.714. The number of hydrogen-bond donors (Lipinski definition) is 0. The van der Waals surface area contributed by atoms with E-state index in [2.05, 4.69) is 6.92 Å². The lowest BCUT2D eigenvalue weighted by atomic mass is 10.0. The SMILES string of the molecule is C[C@H]1CCCN(C(=O)/C=C/c2ccccc2)C1. The van der Waals surface area contributed by atoms with Crippen LogP contribution in [0.5, 0.6) is 0 Å². The highest BCUT2D eigenvalue weighted by atomic mass is 16.2. The smallest absolute Gasteiger partial charge is 0.246 e. The Labute approximate surface area is 103 Å². The minimum Gasteiger partial charge on any atom is -0.339 e. The second-order valence-corrected chi connectivity index (χ2v) is 4.78. The van der Waals surface area contributed by atoms with Crippen LogP contribution in [0.25, 0.3) is 6.08 Å².